The number of hydrogen-bond donors (Lipinski definition) is 1. The van der Waals surface area contributed by atoms with Crippen LogP contribution in [-0.4, -0.2) is 27.1 Å². The molecule has 0 aliphatic carbocycles. The summed E-state index contributed by atoms with van der Waals surface area (Å²) in [5.41, 5.74) is 5.48. The molecule has 1 rings (SSSR count). The van der Waals surface area contributed by atoms with Gasteiger partial charge in [0.1, 0.15) is 5.82 Å². The molecule has 0 atom stereocenters. The zero-order valence-corrected chi connectivity index (χ0v) is 8.97. The molecule has 0 unspecified atom stereocenters. The predicted octanol–water partition coefficient (Wildman–Crippen LogP) is 0.911. The van der Waals surface area contributed by atoms with E-state index in [0.717, 1.165) is 29.7 Å². The molecule has 74 valence electrons. The second-order valence-electron chi connectivity index (χ2n) is 2.61. The lowest BCUT2D eigenvalue weighted by Gasteiger charge is -2.04. The highest BCUT2D eigenvalue weighted by atomic mass is 32.2. The van der Waals surface area contributed by atoms with Gasteiger partial charge in [0, 0.05) is 13.0 Å². The Balaban J connectivity index is 2.82. The molecule has 0 bridgehead atoms. The molecule has 0 aliphatic heterocycles. The summed E-state index contributed by atoms with van der Waals surface area (Å²) in [4.78, 5) is 0. The van der Waals surface area contributed by atoms with Crippen LogP contribution in [0.2, 0.25) is 0 Å². The molecule has 0 amide bonds. The lowest BCUT2D eigenvalue weighted by Crippen LogP contribution is -2.09. The molecule has 0 aliphatic rings. The number of rotatable bonds is 5. The van der Waals surface area contributed by atoms with Crippen molar-refractivity contribution in [3.63, 3.8) is 0 Å². The average molecular weight is 200 g/mol. The van der Waals surface area contributed by atoms with Gasteiger partial charge >= 0.3 is 0 Å². The Labute approximate surface area is 82.9 Å². The Kier molecular flexibility index (Phi) is 4.24. The number of nitrogens with two attached hydrogens (primary N) is 1. The highest BCUT2D eigenvalue weighted by Gasteiger charge is 2.08. The minimum Gasteiger partial charge on any atom is -0.330 e. The van der Waals surface area contributed by atoms with Crippen molar-refractivity contribution in [1.29, 1.82) is 0 Å². The van der Waals surface area contributed by atoms with Crippen LogP contribution in [0.5, 0.6) is 0 Å². The lowest BCUT2D eigenvalue weighted by molar-refractivity contribution is 0.640. The maximum atomic E-state index is 5.48. The molecule has 1 heterocycles. The van der Waals surface area contributed by atoms with Crippen molar-refractivity contribution in [2.24, 2.45) is 5.73 Å². The number of thioether (sulfide) groups is 1. The Morgan fingerprint density at radius 1 is 1.38 bits per heavy atom. The van der Waals surface area contributed by atoms with E-state index >= 15 is 0 Å². The molecular weight excluding hydrogens is 184 g/mol. The SMILES string of the molecule is CCSc1nnc(CCN)n1CC. The van der Waals surface area contributed by atoms with Gasteiger partial charge in [0.05, 0.1) is 0 Å². The van der Waals surface area contributed by atoms with Crippen LogP contribution in [-0.2, 0) is 13.0 Å². The van der Waals surface area contributed by atoms with E-state index in [1.807, 2.05) is 0 Å². The zero-order valence-electron chi connectivity index (χ0n) is 8.16. The van der Waals surface area contributed by atoms with Crippen LogP contribution in [0.25, 0.3) is 0 Å². The van der Waals surface area contributed by atoms with E-state index in [1.165, 1.54) is 0 Å². The molecule has 1 aromatic rings. The fraction of sp³-hybridized carbons (Fsp3) is 0.750. The first-order valence-electron chi connectivity index (χ1n) is 4.58. The Hall–Kier alpha value is -0.550. The molecule has 0 saturated heterocycles. The maximum Gasteiger partial charge on any atom is 0.191 e. The summed E-state index contributed by atoms with van der Waals surface area (Å²) in [5, 5.41) is 9.23. The van der Waals surface area contributed by atoms with Crippen LogP contribution < -0.4 is 5.73 Å². The second kappa shape index (κ2) is 5.24. The minimum atomic E-state index is 0.634. The minimum absolute atomic E-state index is 0.634. The Morgan fingerprint density at radius 2 is 2.15 bits per heavy atom. The first-order valence-corrected chi connectivity index (χ1v) is 5.57. The molecule has 4 nitrogen and oxygen atoms in total. The summed E-state index contributed by atoms with van der Waals surface area (Å²) in [6, 6.07) is 0. The van der Waals surface area contributed by atoms with Crippen molar-refractivity contribution in [2.75, 3.05) is 12.3 Å². The molecule has 0 fully saturated rings. The van der Waals surface area contributed by atoms with E-state index < -0.39 is 0 Å². The van der Waals surface area contributed by atoms with Crippen LogP contribution in [0.1, 0.15) is 19.7 Å². The van der Waals surface area contributed by atoms with Crippen molar-refractivity contribution in [2.45, 2.75) is 32.0 Å². The first kappa shape index (κ1) is 10.5. The fourth-order valence-electron chi connectivity index (χ4n) is 1.19. The molecule has 0 radical (unpaired) electrons. The van der Waals surface area contributed by atoms with Crippen molar-refractivity contribution >= 4 is 11.8 Å². The molecule has 13 heavy (non-hydrogen) atoms. The van der Waals surface area contributed by atoms with Gasteiger partial charge in [-0.05, 0) is 19.2 Å². The maximum absolute atomic E-state index is 5.48. The summed E-state index contributed by atoms with van der Waals surface area (Å²) in [6.45, 7) is 5.77. The quantitative estimate of drug-likeness (QED) is 0.718. The highest BCUT2D eigenvalue weighted by Crippen LogP contribution is 2.16. The molecule has 1 aromatic heterocycles. The Morgan fingerprint density at radius 3 is 2.69 bits per heavy atom. The lowest BCUT2D eigenvalue weighted by atomic mass is 10.4. The molecular formula is C8H16N4S. The largest absolute Gasteiger partial charge is 0.330 e. The standard InChI is InChI=1S/C8H16N4S/c1-3-12-7(5-6-9)10-11-8(12)13-4-2/h3-6,9H2,1-2H3. The molecule has 0 spiro atoms. The third-order valence-electron chi connectivity index (χ3n) is 1.75. The van der Waals surface area contributed by atoms with Gasteiger partial charge in [-0.2, -0.15) is 0 Å². The normalized spacial score (nSPS) is 10.7. The van der Waals surface area contributed by atoms with E-state index in [-0.39, 0.29) is 0 Å². The summed E-state index contributed by atoms with van der Waals surface area (Å²) in [7, 11) is 0. The number of aromatic nitrogens is 3. The van der Waals surface area contributed by atoms with E-state index in [9.17, 15) is 0 Å². The summed E-state index contributed by atoms with van der Waals surface area (Å²) in [6.07, 6.45) is 0.811. The predicted molar refractivity (Wildman–Crippen MR) is 54.9 cm³/mol. The average Bonchev–Trinajstić information content (AvgIpc) is 2.49. The van der Waals surface area contributed by atoms with Crippen LogP contribution >= 0.6 is 11.8 Å². The van der Waals surface area contributed by atoms with E-state index in [2.05, 4.69) is 28.6 Å². The monoisotopic (exact) mass is 200 g/mol. The highest BCUT2D eigenvalue weighted by molar-refractivity contribution is 7.99. The van der Waals surface area contributed by atoms with Gasteiger partial charge in [-0.25, -0.2) is 0 Å². The topological polar surface area (TPSA) is 56.7 Å². The smallest absolute Gasteiger partial charge is 0.191 e. The number of hydrogen-bond acceptors (Lipinski definition) is 4. The van der Waals surface area contributed by atoms with E-state index in [4.69, 9.17) is 5.73 Å². The van der Waals surface area contributed by atoms with Gasteiger partial charge < -0.3 is 10.3 Å². The second-order valence-corrected chi connectivity index (χ2v) is 3.85. The zero-order chi connectivity index (χ0) is 9.68. The Bertz CT molecular complexity index is 235. The third kappa shape index (κ3) is 2.45. The van der Waals surface area contributed by atoms with Gasteiger partial charge in [-0.1, -0.05) is 18.7 Å². The van der Waals surface area contributed by atoms with Crippen molar-refractivity contribution in [3.8, 4) is 0 Å². The summed E-state index contributed by atoms with van der Waals surface area (Å²) >= 11 is 1.72. The van der Waals surface area contributed by atoms with Crippen LogP contribution in [0.15, 0.2) is 5.16 Å². The van der Waals surface area contributed by atoms with Gasteiger partial charge in [0.2, 0.25) is 0 Å². The van der Waals surface area contributed by atoms with Crippen LogP contribution in [0.3, 0.4) is 0 Å². The van der Waals surface area contributed by atoms with Crippen molar-refractivity contribution in [3.05, 3.63) is 5.82 Å². The van der Waals surface area contributed by atoms with Gasteiger partial charge in [-0.3, -0.25) is 0 Å². The molecule has 0 saturated carbocycles. The third-order valence-corrected chi connectivity index (χ3v) is 2.60. The molecule has 5 heteroatoms. The van der Waals surface area contributed by atoms with Gasteiger partial charge in [0.25, 0.3) is 0 Å². The van der Waals surface area contributed by atoms with E-state index in [1.54, 1.807) is 11.8 Å². The van der Waals surface area contributed by atoms with Gasteiger partial charge in [-0.15, -0.1) is 10.2 Å². The van der Waals surface area contributed by atoms with Gasteiger partial charge in [0.15, 0.2) is 5.16 Å². The van der Waals surface area contributed by atoms with Crippen LogP contribution in [0.4, 0.5) is 0 Å². The van der Waals surface area contributed by atoms with Crippen molar-refractivity contribution < 1.29 is 0 Å². The summed E-state index contributed by atoms with van der Waals surface area (Å²) < 4.78 is 2.13. The van der Waals surface area contributed by atoms with E-state index in [0.29, 0.717) is 6.54 Å². The number of nitrogens with zero attached hydrogens (tertiary/aromatic N) is 3. The van der Waals surface area contributed by atoms with Crippen molar-refractivity contribution in [1.82, 2.24) is 14.8 Å². The molecule has 2 N–H and O–H groups in total. The van der Waals surface area contributed by atoms with Crippen LogP contribution in [0, 0.1) is 0 Å². The molecule has 0 aromatic carbocycles. The summed E-state index contributed by atoms with van der Waals surface area (Å²) in [5.74, 6) is 2.03. The fourth-order valence-corrected chi connectivity index (χ4v) is 1.93. The first-order chi connectivity index (χ1) is 6.33.